The molecular formula is C21H26FN3O2. The molecule has 1 atom stereocenters. The number of rotatable bonds is 6. The second-order valence-electron chi connectivity index (χ2n) is 6.62. The molecule has 0 radical (unpaired) electrons. The Hall–Kier alpha value is -2.60. The van der Waals surface area contributed by atoms with E-state index in [-0.39, 0.29) is 11.9 Å². The van der Waals surface area contributed by atoms with Crippen molar-refractivity contribution in [1.82, 2.24) is 10.6 Å². The molecule has 27 heavy (non-hydrogen) atoms. The molecule has 2 aromatic rings. The minimum Gasteiger partial charge on any atom is -0.488 e. The van der Waals surface area contributed by atoms with Gasteiger partial charge in [-0.15, -0.1) is 0 Å². The molecule has 1 aliphatic heterocycles. The van der Waals surface area contributed by atoms with Gasteiger partial charge in [0.15, 0.2) is 5.96 Å². The molecule has 0 aromatic heterocycles. The van der Waals surface area contributed by atoms with Gasteiger partial charge in [-0.05, 0) is 36.2 Å². The second-order valence-corrected chi connectivity index (χ2v) is 6.62. The first-order valence-electron chi connectivity index (χ1n) is 9.17. The molecule has 3 rings (SSSR count). The Labute approximate surface area is 159 Å². The van der Waals surface area contributed by atoms with Crippen molar-refractivity contribution in [3.63, 3.8) is 0 Å². The Morgan fingerprint density at radius 1 is 1.19 bits per heavy atom. The van der Waals surface area contributed by atoms with Gasteiger partial charge in [0.05, 0.1) is 13.2 Å². The van der Waals surface area contributed by atoms with E-state index in [4.69, 9.17) is 9.47 Å². The third kappa shape index (κ3) is 5.69. The van der Waals surface area contributed by atoms with Crippen LogP contribution < -0.4 is 15.4 Å². The van der Waals surface area contributed by atoms with Crippen LogP contribution in [-0.2, 0) is 17.8 Å². The number of benzene rings is 2. The molecule has 144 valence electrons. The zero-order valence-electron chi connectivity index (χ0n) is 15.8. The quantitative estimate of drug-likeness (QED) is 0.605. The number of ether oxygens (including phenoxy) is 2. The summed E-state index contributed by atoms with van der Waals surface area (Å²) in [6.07, 6.45) is 1.03. The van der Waals surface area contributed by atoms with Crippen LogP contribution in [0, 0.1) is 12.7 Å². The van der Waals surface area contributed by atoms with Crippen LogP contribution in [0.4, 0.5) is 4.39 Å². The second kappa shape index (κ2) is 9.37. The standard InChI is InChI=1S/C21H26FN3O2/c1-15-3-6-17(20(11-15)27-19-9-10-26-14-19)13-25-21(23-2)24-12-16-4-7-18(22)8-5-16/h3-8,11,19H,9-10,12-14H2,1-2H3,(H2,23,24,25). The number of nitrogens with zero attached hydrogens (tertiary/aromatic N) is 1. The van der Waals surface area contributed by atoms with Gasteiger partial charge in [0.2, 0.25) is 0 Å². The van der Waals surface area contributed by atoms with E-state index in [9.17, 15) is 4.39 Å². The van der Waals surface area contributed by atoms with E-state index in [1.54, 1.807) is 19.2 Å². The maximum atomic E-state index is 13.0. The van der Waals surface area contributed by atoms with E-state index in [2.05, 4.69) is 40.7 Å². The molecule has 1 aliphatic rings. The first-order chi connectivity index (χ1) is 13.1. The van der Waals surface area contributed by atoms with Crippen LogP contribution in [0.3, 0.4) is 0 Å². The van der Waals surface area contributed by atoms with Gasteiger partial charge in [0, 0.05) is 32.1 Å². The van der Waals surface area contributed by atoms with Crippen LogP contribution >= 0.6 is 0 Å². The summed E-state index contributed by atoms with van der Waals surface area (Å²) in [6, 6.07) is 12.6. The van der Waals surface area contributed by atoms with Crippen molar-refractivity contribution < 1.29 is 13.9 Å². The predicted molar refractivity (Wildman–Crippen MR) is 104 cm³/mol. The summed E-state index contributed by atoms with van der Waals surface area (Å²) >= 11 is 0. The molecule has 2 N–H and O–H groups in total. The van der Waals surface area contributed by atoms with Gasteiger partial charge in [-0.3, -0.25) is 4.99 Å². The van der Waals surface area contributed by atoms with Gasteiger partial charge in [-0.25, -0.2) is 4.39 Å². The number of nitrogens with one attached hydrogen (secondary N) is 2. The number of aryl methyl sites for hydroxylation is 1. The maximum absolute atomic E-state index is 13.0. The summed E-state index contributed by atoms with van der Waals surface area (Å²) < 4.78 is 24.5. The lowest BCUT2D eigenvalue weighted by Gasteiger charge is -2.18. The normalized spacial score (nSPS) is 17.0. The van der Waals surface area contributed by atoms with Crippen molar-refractivity contribution in [2.45, 2.75) is 32.5 Å². The molecule has 0 amide bonds. The zero-order valence-corrected chi connectivity index (χ0v) is 15.8. The van der Waals surface area contributed by atoms with Crippen LogP contribution in [-0.4, -0.2) is 32.3 Å². The maximum Gasteiger partial charge on any atom is 0.191 e. The molecule has 0 saturated carbocycles. The summed E-state index contributed by atoms with van der Waals surface area (Å²) in [5.74, 6) is 1.32. The average Bonchev–Trinajstić information content (AvgIpc) is 3.18. The van der Waals surface area contributed by atoms with E-state index in [1.165, 1.54) is 12.1 Å². The Bertz CT molecular complexity index is 771. The van der Waals surface area contributed by atoms with Gasteiger partial charge in [0.1, 0.15) is 17.7 Å². The minimum atomic E-state index is -0.235. The summed E-state index contributed by atoms with van der Waals surface area (Å²) in [6.45, 7) is 4.60. The van der Waals surface area contributed by atoms with E-state index in [0.29, 0.717) is 25.7 Å². The van der Waals surface area contributed by atoms with Crippen LogP contribution in [0.25, 0.3) is 0 Å². The molecule has 6 heteroatoms. The molecular weight excluding hydrogens is 345 g/mol. The molecule has 1 heterocycles. The van der Waals surface area contributed by atoms with E-state index < -0.39 is 0 Å². The smallest absolute Gasteiger partial charge is 0.191 e. The van der Waals surface area contributed by atoms with Crippen LogP contribution in [0.15, 0.2) is 47.5 Å². The summed E-state index contributed by atoms with van der Waals surface area (Å²) in [5, 5.41) is 6.54. The van der Waals surface area contributed by atoms with Crippen molar-refractivity contribution >= 4 is 5.96 Å². The first kappa shape index (κ1) is 19.2. The largest absolute Gasteiger partial charge is 0.488 e. The Morgan fingerprint density at radius 2 is 1.96 bits per heavy atom. The van der Waals surface area contributed by atoms with Crippen molar-refractivity contribution in [2.75, 3.05) is 20.3 Å². The summed E-state index contributed by atoms with van der Waals surface area (Å²) in [7, 11) is 1.72. The van der Waals surface area contributed by atoms with E-state index in [1.807, 2.05) is 0 Å². The van der Waals surface area contributed by atoms with Gasteiger partial charge in [-0.1, -0.05) is 24.3 Å². The number of guanidine groups is 1. The zero-order chi connectivity index (χ0) is 19.1. The molecule has 0 aliphatic carbocycles. The number of hydrogen-bond acceptors (Lipinski definition) is 3. The number of halogens is 1. The van der Waals surface area contributed by atoms with Gasteiger partial charge in [0.25, 0.3) is 0 Å². The molecule has 1 saturated heterocycles. The first-order valence-corrected chi connectivity index (χ1v) is 9.17. The lowest BCUT2D eigenvalue weighted by Crippen LogP contribution is -2.36. The summed E-state index contributed by atoms with van der Waals surface area (Å²) in [4.78, 5) is 4.25. The molecule has 0 bridgehead atoms. The van der Waals surface area contributed by atoms with Crippen molar-refractivity contribution in [2.24, 2.45) is 4.99 Å². The predicted octanol–water partition coefficient (Wildman–Crippen LogP) is 3.17. The Morgan fingerprint density at radius 3 is 2.67 bits per heavy atom. The van der Waals surface area contributed by atoms with Gasteiger partial charge < -0.3 is 20.1 Å². The van der Waals surface area contributed by atoms with Crippen molar-refractivity contribution in [3.05, 3.63) is 65.0 Å². The number of hydrogen-bond donors (Lipinski definition) is 2. The van der Waals surface area contributed by atoms with E-state index in [0.717, 1.165) is 35.5 Å². The van der Waals surface area contributed by atoms with Crippen molar-refractivity contribution in [1.29, 1.82) is 0 Å². The van der Waals surface area contributed by atoms with Crippen LogP contribution in [0.1, 0.15) is 23.1 Å². The average molecular weight is 371 g/mol. The highest BCUT2D eigenvalue weighted by Gasteiger charge is 2.18. The highest BCUT2D eigenvalue weighted by Crippen LogP contribution is 2.23. The SMILES string of the molecule is CN=C(NCc1ccc(F)cc1)NCc1ccc(C)cc1OC1CCOC1. The Kier molecular flexibility index (Phi) is 6.65. The molecule has 5 nitrogen and oxygen atoms in total. The van der Waals surface area contributed by atoms with Crippen molar-refractivity contribution in [3.8, 4) is 5.75 Å². The lowest BCUT2D eigenvalue weighted by atomic mass is 10.1. The molecule has 0 spiro atoms. The van der Waals surface area contributed by atoms with Crippen LogP contribution in [0.5, 0.6) is 5.75 Å². The minimum absolute atomic E-state index is 0.112. The van der Waals surface area contributed by atoms with E-state index >= 15 is 0 Å². The van der Waals surface area contributed by atoms with Crippen LogP contribution in [0.2, 0.25) is 0 Å². The topological polar surface area (TPSA) is 54.9 Å². The fourth-order valence-corrected chi connectivity index (χ4v) is 2.89. The fourth-order valence-electron chi connectivity index (χ4n) is 2.89. The number of aliphatic imine (C=N–C) groups is 1. The molecule has 2 aromatic carbocycles. The monoisotopic (exact) mass is 371 g/mol. The Balaban J connectivity index is 1.58. The van der Waals surface area contributed by atoms with Gasteiger partial charge in [-0.2, -0.15) is 0 Å². The molecule has 1 unspecified atom stereocenters. The summed E-state index contributed by atoms with van der Waals surface area (Å²) in [5.41, 5.74) is 3.21. The lowest BCUT2D eigenvalue weighted by molar-refractivity contribution is 0.140. The third-order valence-corrected chi connectivity index (χ3v) is 4.45. The molecule has 1 fully saturated rings. The third-order valence-electron chi connectivity index (χ3n) is 4.45. The van der Waals surface area contributed by atoms with Gasteiger partial charge >= 0.3 is 0 Å². The highest BCUT2D eigenvalue weighted by molar-refractivity contribution is 5.79. The fraction of sp³-hybridized carbons (Fsp3) is 0.381. The highest BCUT2D eigenvalue weighted by atomic mass is 19.1.